The molecule has 0 saturated carbocycles. The quantitative estimate of drug-likeness (QED) is 0.216. The van der Waals surface area contributed by atoms with E-state index in [-0.39, 0.29) is 19.1 Å². The Morgan fingerprint density at radius 2 is 1.95 bits per heavy atom. The highest BCUT2D eigenvalue weighted by molar-refractivity contribution is 6.02. The first-order chi connectivity index (χ1) is 19.3. The molecular weight excluding hydrogens is 510 g/mol. The summed E-state index contributed by atoms with van der Waals surface area (Å²) >= 11 is 0. The van der Waals surface area contributed by atoms with E-state index >= 15 is 0 Å². The van der Waals surface area contributed by atoms with Crippen LogP contribution >= 0.6 is 0 Å². The van der Waals surface area contributed by atoms with Crippen LogP contribution in [0.3, 0.4) is 0 Å². The van der Waals surface area contributed by atoms with Gasteiger partial charge in [0.25, 0.3) is 0 Å². The van der Waals surface area contributed by atoms with Crippen molar-refractivity contribution in [1.82, 2.24) is 19.4 Å². The van der Waals surface area contributed by atoms with Crippen LogP contribution in [0.15, 0.2) is 67.5 Å². The average Bonchev–Trinajstić information content (AvgIpc) is 3.38. The van der Waals surface area contributed by atoms with Crippen molar-refractivity contribution < 1.29 is 19.4 Å². The molecule has 2 aromatic carbocycles. The smallest absolute Gasteiger partial charge is 0.247 e. The largest absolute Gasteiger partial charge is 0.494 e. The minimum Gasteiger partial charge on any atom is -0.494 e. The summed E-state index contributed by atoms with van der Waals surface area (Å²) in [6, 6.07) is 13.2. The van der Waals surface area contributed by atoms with Crippen molar-refractivity contribution in [3.8, 4) is 17.3 Å². The van der Waals surface area contributed by atoms with Crippen LogP contribution in [-0.4, -0.2) is 85.0 Å². The lowest BCUT2D eigenvalue weighted by atomic mass is 10.2. The van der Waals surface area contributed by atoms with Crippen LogP contribution in [0.5, 0.6) is 11.5 Å². The molecule has 0 atom stereocenters. The Morgan fingerprint density at radius 1 is 1.12 bits per heavy atom. The van der Waals surface area contributed by atoms with Crippen molar-refractivity contribution in [2.45, 2.75) is 0 Å². The van der Waals surface area contributed by atoms with Gasteiger partial charge in [-0.05, 0) is 56.6 Å². The summed E-state index contributed by atoms with van der Waals surface area (Å²) in [5.74, 6) is 1.96. The van der Waals surface area contributed by atoms with Crippen LogP contribution < -0.4 is 25.0 Å². The second-order valence-electron chi connectivity index (χ2n) is 9.33. The van der Waals surface area contributed by atoms with E-state index in [9.17, 15) is 4.79 Å². The van der Waals surface area contributed by atoms with Crippen LogP contribution in [0.25, 0.3) is 16.7 Å². The summed E-state index contributed by atoms with van der Waals surface area (Å²) in [6.07, 6.45) is 4.83. The van der Waals surface area contributed by atoms with Gasteiger partial charge in [-0.1, -0.05) is 6.58 Å². The third-order valence-electron chi connectivity index (χ3n) is 6.21. The molecule has 2 aromatic heterocycles. The summed E-state index contributed by atoms with van der Waals surface area (Å²) in [4.78, 5) is 25.5. The maximum Gasteiger partial charge on any atom is 0.247 e. The highest BCUT2D eigenvalue weighted by Gasteiger charge is 2.17. The summed E-state index contributed by atoms with van der Waals surface area (Å²) in [7, 11) is 7.58. The number of hydrogen-bond acceptors (Lipinski definition) is 9. The zero-order valence-corrected chi connectivity index (χ0v) is 23.2. The molecule has 0 aliphatic rings. The summed E-state index contributed by atoms with van der Waals surface area (Å²) in [5.41, 5.74) is 2.93. The van der Waals surface area contributed by atoms with Gasteiger partial charge in [-0.2, -0.15) is 4.98 Å². The van der Waals surface area contributed by atoms with Crippen molar-refractivity contribution in [3.63, 3.8) is 0 Å². The van der Waals surface area contributed by atoms with Crippen LogP contribution in [0.4, 0.5) is 23.0 Å². The highest BCUT2D eigenvalue weighted by atomic mass is 16.5. The van der Waals surface area contributed by atoms with Gasteiger partial charge >= 0.3 is 0 Å². The van der Waals surface area contributed by atoms with Gasteiger partial charge < -0.3 is 39.6 Å². The number of hydrogen-bond donors (Lipinski definition) is 3. The molecular formula is C29H35N7O4. The molecule has 1 amide bonds. The number of nitrogens with zero attached hydrogens (tertiary/aromatic N) is 5. The molecule has 11 heteroatoms. The number of anilines is 4. The maximum absolute atomic E-state index is 12.2. The Bertz CT molecular complexity index is 1480. The number of fused-ring (bicyclic) bond motifs is 1. The lowest BCUT2D eigenvalue weighted by Gasteiger charge is -2.26. The van der Waals surface area contributed by atoms with Crippen LogP contribution in [0, 0.1) is 0 Å². The Morgan fingerprint density at radius 3 is 2.67 bits per heavy atom. The number of methoxy groups -OCH3 is 1. The summed E-state index contributed by atoms with van der Waals surface area (Å²) < 4.78 is 13.2. The van der Waals surface area contributed by atoms with Gasteiger partial charge in [0.15, 0.2) is 0 Å². The monoisotopic (exact) mass is 545 g/mol. The van der Waals surface area contributed by atoms with E-state index in [0.29, 0.717) is 34.6 Å². The number of aromatic nitrogens is 3. The number of aliphatic hydroxyl groups excluding tert-OH is 1. The lowest BCUT2D eigenvalue weighted by molar-refractivity contribution is -0.111. The number of carbonyl (C=O) groups is 1. The third-order valence-corrected chi connectivity index (χ3v) is 6.21. The van der Waals surface area contributed by atoms with Crippen LogP contribution in [0.1, 0.15) is 0 Å². The first kappa shape index (κ1) is 28.4. The predicted molar refractivity (Wildman–Crippen MR) is 158 cm³/mol. The van der Waals surface area contributed by atoms with Crippen molar-refractivity contribution in [2.75, 3.05) is 70.1 Å². The molecule has 4 rings (SSSR count). The number of aliphatic hydroxyl groups is 1. The first-order valence-corrected chi connectivity index (χ1v) is 12.8. The Kier molecular flexibility index (Phi) is 9.20. The molecule has 0 unspecified atom stereocenters. The van der Waals surface area contributed by atoms with Gasteiger partial charge in [0.05, 0.1) is 36.3 Å². The second kappa shape index (κ2) is 13.0. The molecule has 40 heavy (non-hydrogen) atoms. The molecule has 0 aliphatic heterocycles. The van der Waals surface area contributed by atoms with Crippen molar-refractivity contribution >= 4 is 39.8 Å². The van der Waals surface area contributed by atoms with E-state index in [4.69, 9.17) is 19.6 Å². The third kappa shape index (κ3) is 6.68. The minimum atomic E-state index is -0.318. The molecule has 0 fully saturated rings. The Hall–Kier alpha value is -4.61. The zero-order valence-electron chi connectivity index (χ0n) is 23.2. The fourth-order valence-electron chi connectivity index (χ4n) is 4.14. The maximum atomic E-state index is 12.2. The zero-order chi connectivity index (χ0) is 28.6. The number of ether oxygens (including phenoxy) is 2. The van der Waals surface area contributed by atoms with Gasteiger partial charge in [0, 0.05) is 44.0 Å². The number of benzene rings is 2. The molecule has 0 bridgehead atoms. The molecule has 11 nitrogen and oxygen atoms in total. The standard InChI is InChI=1S/C29H35N7O4/c1-6-28(38)31-22-18-23(26(39-5)19-25(22)35(4)14-13-34(2)3)32-29-30-11-9-27(33-29)36-12-10-20-17-21(40-16-15-37)7-8-24(20)36/h6-12,17-19,37H,1,13-16H2,2-5H3,(H,31,38)(H,30,32,33). The number of carbonyl (C=O) groups excluding carboxylic acids is 1. The van der Waals surface area contributed by atoms with E-state index < -0.39 is 0 Å². The first-order valence-electron chi connectivity index (χ1n) is 12.8. The van der Waals surface area contributed by atoms with Crippen LogP contribution in [0.2, 0.25) is 0 Å². The number of likely N-dealkylation sites (N-methyl/N-ethyl adjacent to an activating group) is 2. The van der Waals surface area contributed by atoms with E-state index in [2.05, 4.69) is 32.0 Å². The van der Waals surface area contributed by atoms with Crippen molar-refractivity contribution in [3.05, 3.63) is 67.5 Å². The molecule has 0 spiro atoms. The lowest BCUT2D eigenvalue weighted by Crippen LogP contribution is -2.29. The SMILES string of the molecule is C=CC(=O)Nc1cc(Nc2nccc(-n3ccc4cc(OCCO)ccc43)n2)c(OC)cc1N(C)CCN(C)C. The number of nitrogens with one attached hydrogen (secondary N) is 2. The Balaban J connectivity index is 1.65. The van der Waals surface area contributed by atoms with Gasteiger partial charge in [-0.3, -0.25) is 4.79 Å². The summed E-state index contributed by atoms with van der Waals surface area (Å²) in [6.45, 7) is 5.35. The van der Waals surface area contributed by atoms with Crippen molar-refractivity contribution in [1.29, 1.82) is 0 Å². The fraction of sp³-hybridized carbons (Fsp3) is 0.276. The van der Waals surface area contributed by atoms with Gasteiger partial charge in [0.1, 0.15) is 23.9 Å². The number of rotatable bonds is 13. The highest BCUT2D eigenvalue weighted by Crippen LogP contribution is 2.38. The van der Waals surface area contributed by atoms with Crippen LogP contribution in [-0.2, 0) is 4.79 Å². The molecule has 4 aromatic rings. The van der Waals surface area contributed by atoms with E-state index in [1.54, 1.807) is 19.4 Å². The molecule has 0 saturated heterocycles. The van der Waals surface area contributed by atoms with E-state index in [1.807, 2.05) is 68.3 Å². The fourth-order valence-corrected chi connectivity index (χ4v) is 4.14. The molecule has 2 heterocycles. The van der Waals surface area contributed by atoms with Gasteiger partial charge in [-0.25, -0.2) is 4.98 Å². The molecule has 210 valence electrons. The predicted octanol–water partition coefficient (Wildman–Crippen LogP) is 3.67. The van der Waals surface area contributed by atoms with E-state index in [0.717, 1.165) is 29.7 Å². The normalized spacial score (nSPS) is 10.9. The van der Waals surface area contributed by atoms with Gasteiger partial charge in [-0.15, -0.1) is 0 Å². The topological polar surface area (TPSA) is 117 Å². The van der Waals surface area contributed by atoms with E-state index in [1.165, 1.54) is 6.08 Å². The molecule has 3 N–H and O–H groups in total. The Labute approximate surface area is 233 Å². The summed E-state index contributed by atoms with van der Waals surface area (Å²) in [5, 5.41) is 16.1. The average molecular weight is 546 g/mol. The van der Waals surface area contributed by atoms with Crippen molar-refractivity contribution in [2.24, 2.45) is 0 Å². The van der Waals surface area contributed by atoms with Gasteiger partial charge in [0.2, 0.25) is 11.9 Å². The second-order valence-corrected chi connectivity index (χ2v) is 9.33. The molecule has 0 radical (unpaired) electrons. The molecule has 0 aliphatic carbocycles. The number of amides is 1. The minimum absolute atomic E-state index is 0.0431.